The summed E-state index contributed by atoms with van der Waals surface area (Å²) in [5.41, 5.74) is 0.325. The standard InChI is InChI=1S/C19H24N4O4S/c1-12-9-13(2)11-23(10-12)28(25,26)16-7-5-14(6-8-16)17(24)20-19-22-21-18(27-19)15-3-4-15/h5-8,12-13,15H,3-4,9-11H2,1-2H3,(H,20,22,24)/t12-,13-/m0/s1. The van der Waals surface area contributed by atoms with E-state index >= 15 is 0 Å². The summed E-state index contributed by atoms with van der Waals surface area (Å²) in [5.74, 6) is 1.09. The van der Waals surface area contributed by atoms with Gasteiger partial charge in [0.2, 0.25) is 15.9 Å². The first kappa shape index (κ1) is 19.1. The number of aromatic nitrogens is 2. The number of carbonyl (C=O) groups is 1. The van der Waals surface area contributed by atoms with E-state index in [1.807, 2.05) is 0 Å². The number of hydrogen-bond donors (Lipinski definition) is 1. The molecule has 8 nitrogen and oxygen atoms in total. The summed E-state index contributed by atoms with van der Waals surface area (Å²) < 4.78 is 32.8. The molecule has 2 atom stereocenters. The Kier molecular flexibility index (Phi) is 4.96. The average molecular weight is 404 g/mol. The highest BCUT2D eigenvalue weighted by atomic mass is 32.2. The van der Waals surface area contributed by atoms with Crippen molar-refractivity contribution in [1.82, 2.24) is 14.5 Å². The molecule has 1 N–H and O–H groups in total. The summed E-state index contributed by atoms with van der Waals surface area (Å²) in [6, 6.07) is 5.99. The van der Waals surface area contributed by atoms with Gasteiger partial charge in [0.15, 0.2) is 0 Å². The van der Waals surface area contributed by atoms with Crippen LogP contribution in [0.1, 0.15) is 55.3 Å². The molecule has 0 bridgehead atoms. The predicted molar refractivity (Wildman–Crippen MR) is 102 cm³/mol. The number of nitrogens with zero attached hydrogens (tertiary/aromatic N) is 3. The largest absolute Gasteiger partial charge is 0.408 e. The molecule has 1 aromatic carbocycles. The number of carbonyl (C=O) groups excluding carboxylic acids is 1. The van der Waals surface area contributed by atoms with Gasteiger partial charge in [-0.3, -0.25) is 10.1 Å². The summed E-state index contributed by atoms with van der Waals surface area (Å²) in [6.07, 6.45) is 3.09. The lowest BCUT2D eigenvalue weighted by Crippen LogP contribution is -2.42. The van der Waals surface area contributed by atoms with Crippen molar-refractivity contribution >= 4 is 21.9 Å². The van der Waals surface area contributed by atoms with Crippen LogP contribution in [0.4, 0.5) is 6.01 Å². The molecule has 1 saturated heterocycles. The van der Waals surface area contributed by atoms with Crippen molar-refractivity contribution in [1.29, 1.82) is 0 Å². The Balaban J connectivity index is 1.45. The van der Waals surface area contributed by atoms with Gasteiger partial charge in [0.1, 0.15) is 0 Å². The lowest BCUT2D eigenvalue weighted by atomic mass is 9.94. The molecule has 4 rings (SSSR count). The third-order valence-electron chi connectivity index (χ3n) is 5.18. The van der Waals surface area contributed by atoms with Gasteiger partial charge in [0, 0.05) is 24.6 Å². The highest BCUT2D eigenvalue weighted by Gasteiger charge is 2.32. The first-order chi connectivity index (χ1) is 13.3. The highest BCUT2D eigenvalue weighted by molar-refractivity contribution is 7.89. The predicted octanol–water partition coefficient (Wildman–Crippen LogP) is 2.87. The second kappa shape index (κ2) is 7.29. The number of anilines is 1. The van der Waals surface area contributed by atoms with Crippen LogP contribution in [0.5, 0.6) is 0 Å². The van der Waals surface area contributed by atoms with Gasteiger partial charge in [-0.15, -0.1) is 5.10 Å². The van der Waals surface area contributed by atoms with Gasteiger partial charge in [0.05, 0.1) is 4.90 Å². The zero-order valence-corrected chi connectivity index (χ0v) is 16.8. The topological polar surface area (TPSA) is 105 Å². The van der Waals surface area contributed by atoms with Crippen molar-refractivity contribution in [3.05, 3.63) is 35.7 Å². The van der Waals surface area contributed by atoms with Crippen LogP contribution in [-0.2, 0) is 10.0 Å². The van der Waals surface area contributed by atoms with E-state index in [1.165, 1.54) is 24.3 Å². The van der Waals surface area contributed by atoms with Gasteiger partial charge in [-0.25, -0.2) is 8.42 Å². The molecule has 0 unspecified atom stereocenters. The van der Waals surface area contributed by atoms with E-state index in [0.29, 0.717) is 42.3 Å². The molecule has 1 saturated carbocycles. The van der Waals surface area contributed by atoms with E-state index in [0.717, 1.165) is 19.3 Å². The number of benzene rings is 1. The molecule has 1 aliphatic carbocycles. The van der Waals surface area contributed by atoms with Crippen molar-refractivity contribution in [3.63, 3.8) is 0 Å². The molecule has 9 heteroatoms. The smallest absolute Gasteiger partial charge is 0.322 e. The van der Waals surface area contributed by atoms with Crippen molar-refractivity contribution in [2.45, 2.75) is 43.9 Å². The summed E-state index contributed by atoms with van der Waals surface area (Å²) in [7, 11) is -3.57. The molecule has 2 aromatic rings. The van der Waals surface area contributed by atoms with Crippen molar-refractivity contribution in [3.8, 4) is 0 Å². The number of nitrogens with one attached hydrogen (secondary N) is 1. The molecule has 1 aliphatic heterocycles. The maximum Gasteiger partial charge on any atom is 0.322 e. The fraction of sp³-hybridized carbons (Fsp3) is 0.526. The zero-order valence-electron chi connectivity index (χ0n) is 16.0. The molecule has 1 amide bonds. The molecule has 2 heterocycles. The van der Waals surface area contributed by atoms with Crippen LogP contribution in [0.3, 0.4) is 0 Å². The Labute approximate surface area is 164 Å². The van der Waals surface area contributed by atoms with Crippen LogP contribution in [0.15, 0.2) is 33.6 Å². The van der Waals surface area contributed by atoms with E-state index < -0.39 is 15.9 Å². The Hall–Kier alpha value is -2.26. The van der Waals surface area contributed by atoms with E-state index in [1.54, 1.807) is 4.31 Å². The molecular weight excluding hydrogens is 380 g/mol. The van der Waals surface area contributed by atoms with E-state index in [4.69, 9.17) is 4.42 Å². The van der Waals surface area contributed by atoms with Crippen LogP contribution in [0.2, 0.25) is 0 Å². The number of sulfonamides is 1. The molecule has 1 aromatic heterocycles. The van der Waals surface area contributed by atoms with Gasteiger partial charge < -0.3 is 4.42 Å². The quantitative estimate of drug-likeness (QED) is 0.821. The van der Waals surface area contributed by atoms with Crippen molar-refractivity contribution in [2.75, 3.05) is 18.4 Å². The summed E-state index contributed by atoms with van der Waals surface area (Å²) in [5, 5.41) is 10.3. The lowest BCUT2D eigenvalue weighted by Gasteiger charge is -2.34. The summed E-state index contributed by atoms with van der Waals surface area (Å²) >= 11 is 0. The minimum absolute atomic E-state index is 0.0555. The van der Waals surface area contributed by atoms with E-state index in [9.17, 15) is 13.2 Å². The number of amides is 1. The highest BCUT2D eigenvalue weighted by Crippen LogP contribution is 2.39. The molecular formula is C19H24N4O4S. The third-order valence-corrected chi connectivity index (χ3v) is 7.02. The molecule has 0 spiro atoms. The molecule has 2 fully saturated rings. The normalized spacial score (nSPS) is 23.5. The van der Waals surface area contributed by atoms with Crippen molar-refractivity contribution < 1.29 is 17.6 Å². The van der Waals surface area contributed by atoms with Gasteiger partial charge in [-0.05, 0) is 55.4 Å². The SMILES string of the molecule is C[C@H]1C[C@H](C)CN(S(=O)(=O)c2ccc(C(=O)Nc3nnc(C4CC4)o3)cc2)C1. The number of piperidine rings is 1. The van der Waals surface area contributed by atoms with Gasteiger partial charge in [-0.1, -0.05) is 18.9 Å². The van der Waals surface area contributed by atoms with E-state index in [2.05, 4.69) is 29.4 Å². The summed E-state index contributed by atoms with van der Waals surface area (Å²) in [6.45, 7) is 5.18. The Morgan fingerprint density at radius 1 is 1.11 bits per heavy atom. The first-order valence-corrected chi connectivity index (χ1v) is 11.0. The van der Waals surface area contributed by atoms with Crippen molar-refractivity contribution in [2.24, 2.45) is 11.8 Å². The Bertz CT molecular complexity index is 956. The lowest BCUT2D eigenvalue weighted by molar-refractivity contribution is 0.102. The maximum atomic E-state index is 12.9. The fourth-order valence-electron chi connectivity index (χ4n) is 3.68. The second-order valence-electron chi connectivity index (χ2n) is 7.97. The molecule has 2 aliphatic rings. The van der Waals surface area contributed by atoms with Crippen LogP contribution >= 0.6 is 0 Å². The van der Waals surface area contributed by atoms with E-state index in [-0.39, 0.29) is 10.9 Å². The molecule has 150 valence electrons. The fourth-order valence-corrected chi connectivity index (χ4v) is 5.36. The van der Waals surface area contributed by atoms with Crippen LogP contribution in [0.25, 0.3) is 0 Å². The van der Waals surface area contributed by atoms with Crippen LogP contribution in [-0.4, -0.2) is 41.9 Å². The minimum atomic E-state index is -3.57. The zero-order chi connectivity index (χ0) is 19.9. The molecule has 0 radical (unpaired) electrons. The molecule has 28 heavy (non-hydrogen) atoms. The average Bonchev–Trinajstić information content (AvgIpc) is 3.40. The maximum absolute atomic E-state index is 12.9. The second-order valence-corrected chi connectivity index (χ2v) is 9.90. The minimum Gasteiger partial charge on any atom is -0.408 e. The van der Waals surface area contributed by atoms with Crippen LogP contribution < -0.4 is 5.32 Å². The monoisotopic (exact) mass is 404 g/mol. The van der Waals surface area contributed by atoms with Gasteiger partial charge in [-0.2, -0.15) is 4.31 Å². The number of hydrogen-bond acceptors (Lipinski definition) is 6. The van der Waals surface area contributed by atoms with Gasteiger partial charge >= 0.3 is 6.01 Å². The first-order valence-electron chi connectivity index (χ1n) is 9.58. The van der Waals surface area contributed by atoms with Gasteiger partial charge in [0.25, 0.3) is 5.91 Å². The number of rotatable bonds is 5. The van der Waals surface area contributed by atoms with Crippen LogP contribution in [0, 0.1) is 11.8 Å². The Morgan fingerprint density at radius 3 is 2.36 bits per heavy atom. The third kappa shape index (κ3) is 3.95. The summed E-state index contributed by atoms with van der Waals surface area (Å²) in [4.78, 5) is 12.6. The Morgan fingerprint density at radius 2 is 1.75 bits per heavy atom.